The lowest BCUT2D eigenvalue weighted by atomic mass is 9.91. The minimum absolute atomic E-state index is 0.458. The van der Waals surface area contributed by atoms with Gasteiger partial charge < -0.3 is 0 Å². The van der Waals surface area contributed by atoms with E-state index in [-0.39, 0.29) is 0 Å². The Labute approximate surface area is 181 Å². The maximum absolute atomic E-state index is 5.05. The number of aryl methyl sites for hydroxylation is 1. The molecule has 0 N–H and O–H groups in total. The third-order valence-corrected chi connectivity index (χ3v) is 6.56. The normalized spacial score (nSPS) is 21.8. The van der Waals surface area contributed by atoms with Crippen LogP contribution in [0.1, 0.15) is 24.8 Å². The average molecular weight is 407 g/mol. The van der Waals surface area contributed by atoms with Gasteiger partial charge in [0.1, 0.15) is 0 Å². The van der Waals surface area contributed by atoms with Gasteiger partial charge in [-0.05, 0) is 49.9 Å². The van der Waals surface area contributed by atoms with Crippen molar-refractivity contribution in [2.75, 3.05) is 5.01 Å². The Morgan fingerprint density at radius 1 is 1.00 bits per heavy atom. The predicted octanol–water partition coefficient (Wildman–Crippen LogP) is 5.74. The molecule has 1 aromatic heterocycles. The zero-order valence-electron chi connectivity index (χ0n) is 17.5. The van der Waals surface area contributed by atoms with Crippen LogP contribution >= 0.6 is 0 Å². The number of aromatic nitrogens is 1. The topological polar surface area (TPSA) is 40.9 Å². The second kappa shape index (κ2) is 7.00. The largest absolute Gasteiger partial charge is 0.253 e. The van der Waals surface area contributed by atoms with Gasteiger partial charge in [-0.2, -0.15) is 0 Å². The summed E-state index contributed by atoms with van der Waals surface area (Å²) in [7, 11) is 0. The zero-order chi connectivity index (χ0) is 20.8. The fourth-order valence-electron chi connectivity index (χ4n) is 4.73. The highest BCUT2D eigenvalue weighted by atomic mass is 15.8. The van der Waals surface area contributed by atoms with E-state index in [9.17, 15) is 0 Å². The number of anilines is 1. The summed E-state index contributed by atoms with van der Waals surface area (Å²) in [4.78, 5) is 13.9. The highest BCUT2D eigenvalue weighted by Gasteiger charge is 2.46. The average Bonchev–Trinajstić information content (AvgIpc) is 3.21. The molecule has 0 spiro atoms. The summed E-state index contributed by atoms with van der Waals surface area (Å²) in [5.41, 5.74) is 6.65. The van der Waals surface area contributed by atoms with Gasteiger partial charge in [-0.15, -0.1) is 4.59 Å². The van der Waals surface area contributed by atoms with E-state index in [1.165, 1.54) is 30.2 Å². The molecule has 3 aromatic rings. The number of aliphatic imine (C=N–C) groups is 2. The van der Waals surface area contributed by atoms with Gasteiger partial charge in [0.15, 0.2) is 6.20 Å². The van der Waals surface area contributed by atoms with Crippen LogP contribution in [-0.2, 0) is 0 Å². The Morgan fingerprint density at radius 3 is 2.68 bits per heavy atom. The molecule has 2 aromatic carbocycles. The van der Waals surface area contributed by atoms with Gasteiger partial charge in [-0.3, -0.25) is 4.99 Å². The lowest BCUT2D eigenvalue weighted by molar-refractivity contribution is -0.746. The van der Waals surface area contributed by atoms with E-state index >= 15 is 0 Å². The molecular formula is C26H24N5+. The third-order valence-electron chi connectivity index (χ3n) is 6.56. The Balaban J connectivity index is 1.51. The molecule has 0 radical (unpaired) electrons. The van der Waals surface area contributed by atoms with E-state index in [1.54, 1.807) is 0 Å². The van der Waals surface area contributed by atoms with Crippen LogP contribution in [0.25, 0.3) is 22.2 Å². The van der Waals surface area contributed by atoms with Crippen LogP contribution in [0.2, 0.25) is 0 Å². The van der Waals surface area contributed by atoms with E-state index in [1.807, 2.05) is 31.0 Å². The molecule has 1 saturated carbocycles. The quantitative estimate of drug-likeness (QED) is 0.519. The number of rotatable bonds is 4. The minimum atomic E-state index is 0.458. The maximum atomic E-state index is 5.05. The van der Waals surface area contributed by atoms with Crippen molar-refractivity contribution in [3.05, 3.63) is 84.5 Å². The molecule has 5 nitrogen and oxygen atoms in total. The first kappa shape index (κ1) is 18.2. The lowest BCUT2D eigenvalue weighted by Gasteiger charge is -2.46. The molecule has 0 amide bonds. The Kier molecular flexibility index (Phi) is 4.11. The van der Waals surface area contributed by atoms with Gasteiger partial charge in [0, 0.05) is 10.9 Å². The summed E-state index contributed by atoms with van der Waals surface area (Å²) >= 11 is 0. The molecule has 1 aliphatic carbocycles. The molecule has 5 heteroatoms. The van der Waals surface area contributed by atoms with Crippen LogP contribution in [0.3, 0.4) is 0 Å². The summed E-state index contributed by atoms with van der Waals surface area (Å²) in [6.45, 7) is 2.17. The molecule has 0 bridgehead atoms. The number of hydrogen-bond donors (Lipinski definition) is 0. The molecule has 31 heavy (non-hydrogen) atoms. The van der Waals surface area contributed by atoms with E-state index in [2.05, 4.69) is 76.6 Å². The monoisotopic (exact) mass is 406 g/mol. The van der Waals surface area contributed by atoms with Crippen LogP contribution in [0.4, 0.5) is 5.69 Å². The van der Waals surface area contributed by atoms with Crippen LogP contribution in [0.5, 0.6) is 0 Å². The fourth-order valence-corrected chi connectivity index (χ4v) is 4.73. The molecule has 3 aliphatic rings. The predicted molar refractivity (Wildman–Crippen MR) is 127 cm³/mol. The second-order valence-corrected chi connectivity index (χ2v) is 8.45. The molecule has 1 unspecified atom stereocenters. The molecule has 3 heterocycles. The first-order valence-corrected chi connectivity index (χ1v) is 10.9. The summed E-state index contributed by atoms with van der Waals surface area (Å²) in [6.07, 6.45) is 13.4. The standard InChI is InChI=1S/C26H24N5/c1-19-14-25(20-6-3-2-4-7-20)29-26-15-22(10-11-24(19)26)30(21-8-5-9-21)31-13-12-27-16-23(31)17-28-18-31/h2-4,6-7,10-18,21H,5,8-9H2,1H3/q+1. The van der Waals surface area contributed by atoms with Crippen LogP contribution in [-0.4, -0.2) is 28.2 Å². The molecule has 1 fully saturated rings. The van der Waals surface area contributed by atoms with Crippen molar-refractivity contribution in [1.29, 1.82) is 0 Å². The summed E-state index contributed by atoms with van der Waals surface area (Å²) in [6, 6.07) is 19.7. The van der Waals surface area contributed by atoms with Crippen molar-refractivity contribution in [3.8, 4) is 11.3 Å². The number of quaternary nitrogens is 1. The summed E-state index contributed by atoms with van der Waals surface area (Å²) < 4.78 is 0.469. The SMILES string of the molecule is Cc1cc(-c2ccccc2)nc2cc(N(C3CCC3)[N+]34C=CN=CC3=CN=C4)ccc12. The third kappa shape index (κ3) is 2.85. The molecule has 152 valence electrons. The van der Waals surface area contributed by atoms with Crippen LogP contribution in [0.15, 0.2) is 88.9 Å². The summed E-state index contributed by atoms with van der Waals surface area (Å²) in [5.74, 6) is 0. The van der Waals surface area contributed by atoms with Gasteiger partial charge in [-0.1, -0.05) is 36.4 Å². The fraction of sp³-hybridized carbons (Fsp3) is 0.192. The Hall–Kier alpha value is -3.57. The molecular weight excluding hydrogens is 382 g/mol. The number of pyridine rings is 1. The zero-order valence-corrected chi connectivity index (χ0v) is 17.5. The van der Waals surface area contributed by atoms with Crippen LogP contribution in [0, 0.1) is 6.92 Å². The first-order chi connectivity index (χ1) is 15.2. The van der Waals surface area contributed by atoms with Crippen molar-refractivity contribution in [2.45, 2.75) is 32.2 Å². The van der Waals surface area contributed by atoms with E-state index in [4.69, 9.17) is 4.98 Å². The van der Waals surface area contributed by atoms with Crippen molar-refractivity contribution < 1.29 is 4.59 Å². The van der Waals surface area contributed by atoms with Crippen molar-refractivity contribution >= 4 is 29.1 Å². The van der Waals surface area contributed by atoms with E-state index in [0.717, 1.165) is 28.2 Å². The van der Waals surface area contributed by atoms with Gasteiger partial charge in [0.25, 0.3) is 0 Å². The van der Waals surface area contributed by atoms with Crippen molar-refractivity contribution in [1.82, 2.24) is 4.98 Å². The first-order valence-electron chi connectivity index (χ1n) is 10.9. The molecule has 2 aliphatic heterocycles. The molecule has 0 saturated heterocycles. The number of hydrogen-bond acceptors (Lipinski definition) is 4. The number of allylic oxidation sites excluding steroid dienone is 1. The van der Waals surface area contributed by atoms with Crippen molar-refractivity contribution in [2.24, 2.45) is 9.98 Å². The highest BCUT2D eigenvalue weighted by Crippen LogP contribution is 2.40. The highest BCUT2D eigenvalue weighted by molar-refractivity contribution is 5.88. The second-order valence-electron chi connectivity index (χ2n) is 8.45. The van der Waals surface area contributed by atoms with Crippen molar-refractivity contribution in [3.63, 3.8) is 0 Å². The Morgan fingerprint density at radius 2 is 1.87 bits per heavy atom. The Bertz CT molecular complexity index is 1280. The smallest absolute Gasteiger partial charge is 0.225 e. The lowest BCUT2D eigenvalue weighted by Crippen LogP contribution is -2.61. The van der Waals surface area contributed by atoms with Gasteiger partial charge in [0.05, 0.1) is 41.6 Å². The van der Waals surface area contributed by atoms with Gasteiger partial charge in [0.2, 0.25) is 12.0 Å². The molecule has 1 atom stereocenters. The molecule has 6 rings (SSSR count). The maximum Gasteiger partial charge on any atom is 0.225 e. The number of fused-ring (bicyclic) bond motifs is 2. The number of nitrogens with zero attached hydrogens (tertiary/aromatic N) is 5. The van der Waals surface area contributed by atoms with Crippen LogP contribution < -0.4 is 5.01 Å². The van der Waals surface area contributed by atoms with Gasteiger partial charge >= 0.3 is 0 Å². The number of benzene rings is 2. The minimum Gasteiger partial charge on any atom is -0.253 e. The van der Waals surface area contributed by atoms with E-state index in [0.29, 0.717) is 10.6 Å². The van der Waals surface area contributed by atoms with E-state index < -0.39 is 0 Å². The van der Waals surface area contributed by atoms with Gasteiger partial charge in [-0.25, -0.2) is 15.0 Å². The summed E-state index contributed by atoms with van der Waals surface area (Å²) in [5, 5.41) is 3.66.